The van der Waals surface area contributed by atoms with Gasteiger partial charge in [0.05, 0.1) is 12.2 Å². The van der Waals surface area contributed by atoms with Crippen molar-refractivity contribution in [3.8, 4) is 0 Å². The first-order valence-corrected chi connectivity index (χ1v) is 8.56. The van der Waals surface area contributed by atoms with Gasteiger partial charge in [-0.05, 0) is 24.8 Å². The minimum Gasteiger partial charge on any atom is -0.466 e. The molecule has 2 aromatic rings. The van der Waals surface area contributed by atoms with Gasteiger partial charge >= 0.3 is 6.03 Å². The molecule has 2 aromatic heterocycles. The number of hydrogen-bond acceptors (Lipinski definition) is 5. The number of urea groups is 1. The number of hydrogen-bond donors (Lipinski definition) is 3. The smallest absolute Gasteiger partial charge is 0.315 e. The molecule has 2 amide bonds. The van der Waals surface area contributed by atoms with E-state index in [4.69, 9.17) is 4.42 Å². The van der Waals surface area contributed by atoms with Crippen LogP contribution in [0.1, 0.15) is 43.4 Å². The average Bonchev–Trinajstić information content (AvgIpc) is 2.91. The van der Waals surface area contributed by atoms with Crippen molar-refractivity contribution in [1.82, 2.24) is 20.6 Å². The van der Waals surface area contributed by atoms with E-state index >= 15 is 0 Å². The molecular formula is C18H25N5O2. The number of amides is 2. The predicted molar refractivity (Wildman–Crippen MR) is 95.3 cm³/mol. The second-order valence-electron chi connectivity index (χ2n) is 7.25. The lowest BCUT2D eigenvalue weighted by atomic mass is 9.75. The molecule has 1 aliphatic carbocycles. The van der Waals surface area contributed by atoms with Crippen LogP contribution in [0.25, 0.3) is 0 Å². The topological polar surface area (TPSA) is 92.1 Å². The van der Waals surface area contributed by atoms with Crippen LogP contribution >= 0.6 is 0 Å². The first kappa shape index (κ1) is 17.3. The number of nitrogens with zero attached hydrogens (tertiary/aromatic N) is 2. The molecule has 3 rings (SSSR count). The van der Waals surface area contributed by atoms with E-state index in [1.54, 1.807) is 18.6 Å². The largest absolute Gasteiger partial charge is 0.466 e. The van der Waals surface area contributed by atoms with Crippen molar-refractivity contribution < 1.29 is 9.21 Å². The Morgan fingerprint density at radius 2 is 2.20 bits per heavy atom. The maximum Gasteiger partial charge on any atom is 0.315 e. The maximum atomic E-state index is 12.2. The Morgan fingerprint density at radius 1 is 1.36 bits per heavy atom. The van der Waals surface area contributed by atoms with Crippen LogP contribution in [0.2, 0.25) is 0 Å². The molecule has 134 valence electrons. The lowest BCUT2D eigenvalue weighted by Crippen LogP contribution is -2.42. The molecular weight excluding hydrogens is 318 g/mol. The highest BCUT2D eigenvalue weighted by molar-refractivity contribution is 5.74. The van der Waals surface area contributed by atoms with Gasteiger partial charge in [-0.2, -0.15) is 0 Å². The summed E-state index contributed by atoms with van der Waals surface area (Å²) in [6.07, 6.45) is 6.68. The second kappa shape index (κ2) is 7.13. The number of aromatic nitrogens is 2. The van der Waals surface area contributed by atoms with Crippen molar-refractivity contribution in [2.45, 2.75) is 39.7 Å². The number of fused-ring (bicyclic) bond motifs is 1. The van der Waals surface area contributed by atoms with E-state index in [2.05, 4.69) is 39.8 Å². The van der Waals surface area contributed by atoms with Gasteiger partial charge in [-0.1, -0.05) is 13.8 Å². The van der Waals surface area contributed by atoms with Crippen molar-refractivity contribution in [2.75, 3.05) is 18.4 Å². The molecule has 0 saturated carbocycles. The zero-order valence-corrected chi connectivity index (χ0v) is 14.9. The van der Waals surface area contributed by atoms with E-state index in [1.807, 2.05) is 13.0 Å². The molecule has 0 radical (unpaired) electrons. The van der Waals surface area contributed by atoms with Gasteiger partial charge in [0.25, 0.3) is 0 Å². The maximum absolute atomic E-state index is 12.2. The number of furan rings is 1. The van der Waals surface area contributed by atoms with Gasteiger partial charge in [0.2, 0.25) is 0 Å². The van der Waals surface area contributed by atoms with Crippen molar-refractivity contribution in [3.63, 3.8) is 0 Å². The van der Waals surface area contributed by atoms with E-state index in [0.29, 0.717) is 18.9 Å². The summed E-state index contributed by atoms with van der Waals surface area (Å²) >= 11 is 0. The van der Waals surface area contributed by atoms with E-state index in [-0.39, 0.29) is 17.5 Å². The highest BCUT2D eigenvalue weighted by atomic mass is 16.3. The number of nitrogens with one attached hydrogen (secondary N) is 3. The van der Waals surface area contributed by atoms with Crippen LogP contribution in [0.4, 0.5) is 10.6 Å². The third-order valence-electron chi connectivity index (χ3n) is 4.32. The molecule has 0 aliphatic heterocycles. The van der Waals surface area contributed by atoms with Crippen LogP contribution in [-0.4, -0.2) is 29.1 Å². The second-order valence-corrected chi connectivity index (χ2v) is 7.25. The Kier molecular flexibility index (Phi) is 4.92. The molecule has 0 aromatic carbocycles. The summed E-state index contributed by atoms with van der Waals surface area (Å²) < 4.78 is 5.81. The summed E-state index contributed by atoms with van der Waals surface area (Å²) in [7, 11) is 0. The van der Waals surface area contributed by atoms with Crippen molar-refractivity contribution in [2.24, 2.45) is 5.41 Å². The number of carbonyl (C=O) groups is 1. The molecule has 1 atom stereocenters. The predicted octanol–water partition coefficient (Wildman–Crippen LogP) is 2.80. The lowest BCUT2D eigenvalue weighted by molar-refractivity contribution is 0.215. The van der Waals surface area contributed by atoms with E-state index < -0.39 is 0 Å². The Morgan fingerprint density at radius 3 is 2.96 bits per heavy atom. The fourth-order valence-electron chi connectivity index (χ4n) is 3.28. The average molecular weight is 343 g/mol. The van der Waals surface area contributed by atoms with Crippen molar-refractivity contribution >= 4 is 11.8 Å². The van der Waals surface area contributed by atoms with E-state index in [9.17, 15) is 4.79 Å². The molecule has 7 heteroatoms. The zero-order valence-electron chi connectivity index (χ0n) is 14.9. The first-order valence-electron chi connectivity index (χ1n) is 8.56. The summed E-state index contributed by atoms with van der Waals surface area (Å²) in [4.78, 5) is 20.3. The Balaban J connectivity index is 1.50. The number of carbonyl (C=O) groups excluding carboxylic acids is 1. The molecule has 0 saturated heterocycles. The quantitative estimate of drug-likeness (QED) is 0.726. The standard InChI is InChI=1S/C18H25N5O2/c1-12-8-13-14(9-18(2,3)10-15(13)25-12)23-17(24)22-7-6-21-16-11-19-4-5-20-16/h4-5,8,11,14H,6-7,9-10H2,1-3H3,(H,20,21)(H2,22,23,24). The van der Waals surface area contributed by atoms with Crippen LogP contribution in [0.5, 0.6) is 0 Å². The van der Waals surface area contributed by atoms with Crippen LogP contribution < -0.4 is 16.0 Å². The zero-order chi connectivity index (χ0) is 17.9. The molecule has 1 unspecified atom stereocenters. The van der Waals surface area contributed by atoms with Crippen LogP contribution in [-0.2, 0) is 6.42 Å². The van der Waals surface area contributed by atoms with Gasteiger partial charge in [-0.15, -0.1) is 0 Å². The highest BCUT2D eigenvalue weighted by Gasteiger charge is 2.35. The van der Waals surface area contributed by atoms with E-state index in [1.165, 1.54) is 0 Å². The number of rotatable bonds is 5. The summed E-state index contributed by atoms with van der Waals surface area (Å²) in [6, 6.07) is 1.84. The Bertz CT molecular complexity index is 726. The van der Waals surface area contributed by atoms with Gasteiger partial charge in [-0.25, -0.2) is 9.78 Å². The Labute approximate surface area is 147 Å². The SMILES string of the molecule is Cc1cc2c(o1)CC(C)(C)CC2NC(=O)NCCNc1cnccn1. The minimum absolute atomic E-state index is 0.0239. The molecule has 25 heavy (non-hydrogen) atoms. The summed E-state index contributed by atoms with van der Waals surface area (Å²) in [5, 5.41) is 9.06. The van der Waals surface area contributed by atoms with Gasteiger partial charge in [0.1, 0.15) is 17.3 Å². The first-order chi connectivity index (χ1) is 11.9. The molecule has 0 bridgehead atoms. The third kappa shape index (κ3) is 4.49. The molecule has 7 nitrogen and oxygen atoms in total. The van der Waals surface area contributed by atoms with Gasteiger partial charge < -0.3 is 20.4 Å². The van der Waals surface area contributed by atoms with Crippen molar-refractivity contribution in [1.29, 1.82) is 0 Å². The molecule has 3 N–H and O–H groups in total. The Hall–Kier alpha value is -2.57. The molecule has 1 aliphatic rings. The highest BCUT2D eigenvalue weighted by Crippen LogP contribution is 2.41. The monoisotopic (exact) mass is 343 g/mol. The minimum atomic E-state index is -0.173. The number of anilines is 1. The summed E-state index contributed by atoms with van der Waals surface area (Å²) in [5.41, 5.74) is 1.20. The normalized spacial score (nSPS) is 18.3. The fourth-order valence-corrected chi connectivity index (χ4v) is 3.28. The van der Waals surface area contributed by atoms with Crippen LogP contribution in [0, 0.1) is 12.3 Å². The number of aryl methyl sites for hydroxylation is 1. The molecule has 0 fully saturated rings. The van der Waals surface area contributed by atoms with Gasteiger partial charge in [0, 0.05) is 37.5 Å². The van der Waals surface area contributed by atoms with Crippen LogP contribution in [0.3, 0.4) is 0 Å². The van der Waals surface area contributed by atoms with Gasteiger partial charge in [-0.3, -0.25) is 4.98 Å². The van der Waals surface area contributed by atoms with Crippen molar-refractivity contribution in [3.05, 3.63) is 41.7 Å². The lowest BCUT2D eigenvalue weighted by Gasteiger charge is -2.34. The summed E-state index contributed by atoms with van der Waals surface area (Å²) in [5.74, 6) is 2.57. The van der Waals surface area contributed by atoms with Crippen LogP contribution in [0.15, 0.2) is 29.1 Å². The molecule has 0 spiro atoms. The third-order valence-corrected chi connectivity index (χ3v) is 4.32. The summed E-state index contributed by atoms with van der Waals surface area (Å²) in [6.45, 7) is 7.42. The van der Waals surface area contributed by atoms with E-state index in [0.717, 1.165) is 29.9 Å². The van der Waals surface area contributed by atoms with Gasteiger partial charge in [0.15, 0.2) is 0 Å². The fraction of sp³-hybridized carbons (Fsp3) is 0.500. The molecule has 2 heterocycles.